The van der Waals surface area contributed by atoms with Crippen LogP contribution in [0, 0.1) is 5.82 Å². The van der Waals surface area contributed by atoms with Gasteiger partial charge in [-0.05, 0) is 42.3 Å². The number of fused-ring (bicyclic) bond motifs is 1. The molecule has 0 bridgehead atoms. The fourth-order valence-corrected chi connectivity index (χ4v) is 2.86. The first-order valence-electron chi connectivity index (χ1n) is 8.15. The number of nitrogens with one attached hydrogen (secondary N) is 2. The summed E-state index contributed by atoms with van der Waals surface area (Å²) in [5.41, 5.74) is 2.72. The molecule has 3 aromatic rings. The molecule has 1 aliphatic heterocycles. The summed E-state index contributed by atoms with van der Waals surface area (Å²) >= 11 is 0. The maximum absolute atomic E-state index is 13.8. The van der Waals surface area contributed by atoms with Crippen LogP contribution in [0.2, 0.25) is 0 Å². The number of amides is 2. The van der Waals surface area contributed by atoms with E-state index in [1.165, 1.54) is 23.0 Å². The highest BCUT2D eigenvalue weighted by molar-refractivity contribution is 6.03. The Kier molecular flexibility index (Phi) is 3.96. The van der Waals surface area contributed by atoms with Crippen molar-refractivity contribution in [2.45, 2.75) is 12.8 Å². The van der Waals surface area contributed by atoms with Gasteiger partial charge in [0.15, 0.2) is 5.69 Å². The summed E-state index contributed by atoms with van der Waals surface area (Å²) in [6.07, 6.45) is 2.68. The minimum Gasteiger partial charge on any atom is -0.326 e. The van der Waals surface area contributed by atoms with Gasteiger partial charge in [-0.1, -0.05) is 18.2 Å². The zero-order valence-corrected chi connectivity index (χ0v) is 13.7. The number of rotatable bonds is 3. The number of hydrogen-bond acceptors (Lipinski definition) is 3. The third-order valence-electron chi connectivity index (χ3n) is 4.18. The van der Waals surface area contributed by atoms with Crippen molar-refractivity contribution in [3.8, 4) is 5.69 Å². The van der Waals surface area contributed by atoms with E-state index in [-0.39, 0.29) is 17.3 Å². The smallest absolute Gasteiger partial charge is 0.276 e. The normalized spacial score (nSPS) is 13.0. The molecule has 0 aliphatic carbocycles. The molecular formula is C19H15FN4O2. The molecule has 6 nitrogen and oxygen atoms in total. The van der Waals surface area contributed by atoms with Gasteiger partial charge in [-0.2, -0.15) is 5.10 Å². The Bertz CT molecular complexity index is 1010. The first-order chi connectivity index (χ1) is 12.6. The quantitative estimate of drug-likeness (QED) is 0.762. The molecule has 2 N–H and O–H groups in total. The molecule has 0 saturated carbocycles. The zero-order chi connectivity index (χ0) is 18.1. The van der Waals surface area contributed by atoms with Gasteiger partial charge in [0, 0.05) is 24.0 Å². The Morgan fingerprint density at radius 1 is 1.15 bits per heavy atom. The summed E-state index contributed by atoms with van der Waals surface area (Å²) in [6, 6.07) is 13.1. The first kappa shape index (κ1) is 16.0. The molecular weight excluding hydrogens is 335 g/mol. The Hall–Kier alpha value is -3.48. The van der Waals surface area contributed by atoms with Crippen LogP contribution in [-0.2, 0) is 11.2 Å². The number of benzene rings is 2. The molecule has 0 fully saturated rings. The van der Waals surface area contributed by atoms with E-state index in [0.717, 1.165) is 5.56 Å². The number of carbonyl (C=O) groups is 2. The van der Waals surface area contributed by atoms with Crippen molar-refractivity contribution in [2.24, 2.45) is 0 Å². The largest absolute Gasteiger partial charge is 0.326 e. The van der Waals surface area contributed by atoms with Gasteiger partial charge < -0.3 is 10.6 Å². The molecule has 4 rings (SSSR count). The number of para-hydroxylation sites is 1. The lowest BCUT2D eigenvalue weighted by Gasteiger charge is -2.17. The molecule has 1 aliphatic rings. The lowest BCUT2D eigenvalue weighted by atomic mass is 10.0. The predicted molar refractivity (Wildman–Crippen MR) is 94.9 cm³/mol. The molecule has 7 heteroatoms. The maximum atomic E-state index is 13.8. The third-order valence-corrected chi connectivity index (χ3v) is 4.18. The van der Waals surface area contributed by atoms with Crippen LogP contribution in [0.1, 0.15) is 22.5 Å². The molecule has 0 spiro atoms. The van der Waals surface area contributed by atoms with Gasteiger partial charge in [-0.15, -0.1) is 0 Å². The Morgan fingerprint density at radius 3 is 2.85 bits per heavy atom. The van der Waals surface area contributed by atoms with Crippen LogP contribution in [0.5, 0.6) is 0 Å². The maximum Gasteiger partial charge on any atom is 0.276 e. The summed E-state index contributed by atoms with van der Waals surface area (Å²) in [4.78, 5) is 23.9. The van der Waals surface area contributed by atoms with E-state index in [4.69, 9.17) is 0 Å². The van der Waals surface area contributed by atoms with Crippen LogP contribution in [0.25, 0.3) is 5.69 Å². The summed E-state index contributed by atoms with van der Waals surface area (Å²) in [5, 5.41) is 9.67. The van der Waals surface area contributed by atoms with E-state index >= 15 is 0 Å². The lowest BCUT2D eigenvalue weighted by Crippen LogP contribution is -2.19. The van der Waals surface area contributed by atoms with Crippen LogP contribution in [0.15, 0.2) is 54.7 Å². The molecule has 0 radical (unpaired) electrons. The minimum absolute atomic E-state index is 0.0374. The van der Waals surface area contributed by atoms with Gasteiger partial charge in [0.25, 0.3) is 5.91 Å². The molecule has 2 aromatic carbocycles. The van der Waals surface area contributed by atoms with Gasteiger partial charge >= 0.3 is 0 Å². The summed E-state index contributed by atoms with van der Waals surface area (Å²) in [5.74, 6) is -0.875. The van der Waals surface area contributed by atoms with E-state index in [1.807, 2.05) is 6.07 Å². The number of nitrogens with zero attached hydrogens (tertiary/aromatic N) is 2. The number of anilines is 2. The van der Waals surface area contributed by atoms with Crippen molar-refractivity contribution in [1.29, 1.82) is 0 Å². The predicted octanol–water partition coefficient (Wildman–Crippen LogP) is 3.15. The van der Waals surface area contributed by atoms with Crippen LogP contribution in [0.4, 0.5) is 15.8 Å². The van der Waals surface area contributed by atoms with E-state index < -0.39 is 11.7 Å². The van der Waals surface area contributed by atoms with E-state index in [1.54, 1.807) is 30.3 Å². The van der Waals surface area contributed by atoms with Gasteiger partial charge in [0.1, 0.15) is 11.5 Å². The molecule has 0 atom stereocenters. The second kappa shape index (κ2) is 6.44. The van der Waals surface area contributed by atoms with Crippen LogP contribution < -0.4 is 10.6 Å². The molecule has 2 heterocycles. The van der Waals surface area contributed by atoms with Crippen molar-refractivity contribution in [1.82, 2.24) is 9.78 Å². The van der Waals surface area contributed by atoms with E-state index in [0.29, 0.717) is 24.2 Å². The number of halogens is 1. The number of carbonyl (C=O) groups excluding carboxylic acids is 2. The average molecular weight is 350 g/mol. The van der Waals surface area contributed by atoms with Crippen molar-refractivity contribution in [3.05, 3.63) is 71.8 Å². The molecule has 130 valence electrons. The second-order valence-corrected chi connectivity index (χ2v) is 5.97. The summed E-state index contributed by atoms with van der Waals surface area (Å²) in [7, 11) is 0. The monoisotopic (exact) mass is 350 g/mol. The first-order valence-corrected chi connectivity index (χ1v) is 8.15. The van der Waals surface area contributed by atoms with Crippen molar-refractivity contribution in [2.75, 3.05) is 10.6 Å². The van der Waals surface area contributed by atoms with E-state index in [9.17, 15) is 14.0 Å². The van der Waals surface area contributed by atoms with Gasteiger partial charge in [-0.3, -0.25) is 9.59 Å². The third kappa shape index (κ3) is 3.06. The SMILES string of the molecule is O=C1CCc2ccc(NC(=O)c3ccn(-c4ccccc4F)n3)cc2N1. The fourth-order valence-electron chi connectivity index (χ4n) is 2.86. The van der Waals surface area contributed by atoms with Gasteiger partial charge in [-0.25, -0.2) is 9.07 Å². The fraction of sp³-hybridized carbons (Fsp3) is 0.105. The van der Waals surface area contributed by atoms with Crippen LogP contribution >= 0.6 is 0 Å². The Morgan fingerprint density at radius 2 is 2.00 bits per heavy atom. The standard InChI is InChI=1S/C19H15FN4O2/c20-14-3-1-2-4-17(14)24-10-9-15(23-24)19(26)21-13-7-5-12-6-8-18(25)22-16(12)11-13/h1-5,7,9-11H,6,8H2,(H,21,26)(H,22,25). The van der Waals surface area contributed by atoms with Crippen LogP contribution in [0.3, 0.4) is 0 Å². The number of hydrogen-bond donors (Lipinski definition) is 2. The average Bonchev–Trinajstić information content (AvgIpc) is 3.12. The highest BCUT2D eigenvalue weighted by Crippen LogP contribution is 2.26. The minimum atomic E-state index is -0.423. The van der Waals surface area contributed by atoms with Crippen LogP contribution in [-0.4, -0.2) is 21.6 Å². The number of aryl methyl sites for hydroxylation is 1. The van der Waals surface area contributed by atoms with Gasteiger partial charge in [0.2, 0.25) is 5.91 Å². The Balaban J connectivity index is 1.53. The molecule has 26 heavy (non-hydrogen) atoms. The van der Waals surface area contributed by atoms with Crippen molar-refractivity contribution in [3.63, 3.8) is 0 Å². The molecule has 2 amide bonds. The molecule has 1 aromatic heterocycles. The second-order valence-electron chi connectivity index (χ2n) is 5.97. The highest BCUT2D eigenvalue weighted by Gasteiger charge is 2.16. The van der Waals surface area contributed by atoms with Gasteiger partial charge in [0.05, 0.1) is 0 Å². The highest BCUT2D eigenvalue weighted by atomic mass is 19.1. The lowest BCUT2D eigenvalue weighted by molar-refractivity contribution is -0.116. The van der Waals surface area contributed by atoms with E-state index in [2.05, 4.69) is 15.7 Å². The van der Waals surface area contributed by atoms with Crippen molar-refractivity contribution < 1.29 is 14.0 Å². The zero-order valence-electron chi connectivity index (χ0n) is 13.7. The summed E-state index contributed by atoms with van der Waals surface area (Å²) < 4.78 is 15.1. The van der Waals surface area contributed by atoms with Crippen molar-refractivity contribution >= 4 is 23.2 Å². The summed E-state index contributed by atoms with van der Waals surface area (Å²) in [6.45, 7) is 0. The number of aromatic nitrogens is 2. The molecule has 0 unspecified atom stereocenters. The topological polar surface area (TPSA) is 76.0 Å². The molecule has 0 saturated heterocycles. The Labute approximate surface area is 148 Å².